The fraction of sp³-hybridized carbons (Fsp3) is 0.389. The fourth-order valence-corrected chi connectivity index (χ4v) is 2.98. The number of aryl methyl sites for hydroxylation is 2. The standard InChI is InChI=1S/C18H21N3O4/c1-12-8-13(2)21(19-12)10-14-4-3-5-15(9-14)17(22)20-6-7-25-16(11-20)18(23)24/h3-5,8-9,16H,6-7,10-11H2,1-2H3,(H,23,24)/t16-/m0/s1. The van der Waals surface area contributed by atoms with Crippen LogP contribution < -0.4 is 0 Å². The van der Waals surface area contributed by atoms with Crippen LogP contribution in [0.25, 0.3) is 0 Å². The van der Waals surface area contributed by atoms with Gasteiger partial charge in [-0.3, -0.25) is 9.48 Å². The van der Waals surface area contributed by atoms with Crippen molar-refractivity contribution >= 4 is 11.9 Å². The van der Waals surface area contributed by atoms with Crippen molar-refractivity contribution in [3.05, 3.63) is 52.8 Å². The second-order valence-corrected chi connectivity index (χ2v) is 6.23. The van der Waals surface area contributed by atoms with E-state index >= 15 is 0 Å². The largest absolute Gasteiger partial charge is 0.479 e. The normalized spacial score (nSPS) is 17.5. The molecule has 1 aromatic heterocycles. The van der Waals surface area contributed by atoms with Crippen molar-refractivity contribution in [2.24, 2.45) is 0 Å². The zero-order chi connectivity index (χ0) is 18.0. The molecule has 1 aliphatic rings. The van der Waals surface area contributed by atoms with Crippen LogP contribution in [0.4, 0.5) is 0 Å². The van der Waals surface area contributed by atoms with Gasteiger partial charge in [0.2, 0.25) is 0 Å². The molecule has 0 radical (unpaired) electrons. The zero-order valence-electron chi connectivity index (χ0n) is 14.3. The number of carbonyl (C=O) groups is 2. The molecular weight excluding hydrogens is 322 g/mol. The number of morpholine rings is 1. The summed E-state index contributed by atoms with van der Waals surface area (Å²) in [5.41, 5.74) is 3.54. The van der Waals surface area contributed by atoms with Crippen LogP contribution in [-0.2, 0) is 16.1 Å². The third kappa shape index (κ3) is 3.88. The van der Waals surface area contributed by atoms with E-state index in [0.717, 1.165) is 17.0 Å². The molecule has 1 amide bonds. The Kier molecular flexibility index (Phi) is 4.85. The number of carboxylic acid groups (broad SMARTS) is 1. The summed E-state index contributed by atoms with van der Waals surface area (Å²) in [6.45, 7) is 5.21. The molecule has 25 heavy (non-hydrogen) atoms. The molecule has 0 spiro atoms. The minimum atomic E-state index is -1.05. The minimum Gasteiger partial charge on any atom is -0.479 e. The van der Waals surface area contributed by atoms with Crippen molar-refractivity contribution < 1.29 is 19.4 Å². The average Bonchev–Trinajstić information content (AvgIpc) is 2.91. The van der Waals surface area contributed by atoms with E-state index in [4.69, 9.17) is 9.84 Å². The number of aliphatic carboxylic acids is 1. The summed E-state index contributed by atoms with van der Waals surface area (Å²) in [7, 11) is 0. The van der Waals surface area contributed by atoms with Crippen molar-refractivity contribution in [3.8, 4) is 0 Å². The number of carboxylic acids is 1. The van der Waals surface area contributed by atoms with Gasteiger partial charge in [-0.05, 0) is 37.6 Å². The highest BCUT2D eigenvalue weighted by molar-refractivity contribution is 5.94. The first-order valence-corrected chi connectivity index (χ1v) is 8.17. The van der Waals surface area contributed by atoms with E-state index in [9.17, 15) is 9.59 Å². The Morgan fingerprint density at radius 2 is 2.12 bits per heavy atom. The molecule has 0 unspecified atom stereocenters. The van der Waals surface area contributed by atoms with Gasteiger partial charge in [0.25, 0.3) is 5.91 Å². The van der Waals surface area contributed by atoms with Crippen LogP contribution in [0.3, 0.4) is 0 Å². The molecule has 2 heterocycles. The van der Waals surface area contributed by atoms with E-state index < -0.39 is 12.1 Å². The van der Waals surface area contributed by atoms with E-state index in [2.05, 4.69) is 5.10 Å². The van der Waals surface area contributed by atoms with E-state index in [1.54, 1.807) is 6.07 Å². The van der Waals surface area contributed by atoms with E-state index in [0.29, 0.717) is 18.7 Å². The third-order valence-electron chi connectivity index (χ3n) is 4.24. The summed E-state index contributed by atoms with van der Waals surface area (Å²) in [5.74, 6) is -1.22. The monoisotopic (exact) mass is 343 g/mol. The predicted octanol–water partition coefficient (Wildman–Crippen LogP) is 1.47. The van der Waals surface area contributed by atoms with Crippen LogP contribution >= 0.6 is 0 Å². The molecule has 132 valence electrons. The summed E-state index contributed by atoms with van der Waals surface area (Å²) in [5, 5.41) is 13.5. The SMILES string of the molecule is Cc1cc(C)n(Cc2cccc(C(=O)N3CCO[C@H](C(=O)O)C3)c2)n1. The van der Waals surface area contributed by atoms with Gasteiger partial charge in [0.15, 0.2) is 6.10 Å². The first-order valence-electron chi connectivity index (χ1n) is 8.17. The summed E-state index contributed by atoms with van der Waals surface area (Å²) in [6, 6.07) is 9.38. The molecular formula is C18H21N3O4. The number of nitrogens with zero attached hydrogens (tertiary/aromatic N) is 3. The van der Waals surface area contributed by atoms with E-state index in [1.807, 2.05) is 42.8 Å². The molecule has 7 nitrogen and oxygen atoms in total. The summed E-state index contributed by atoms with van der Waals surface area (Å²) in [6.07, 6.45) is -0.962. The summed E-state index contributed by atoms with van der Waals surface area (Å²) < 4.78 is 7.07. The highest BCUT2D eigenvalue weighted by Gasteiger charge is 2.29. The van der Waals surface area contributed by atoms with Gasteiger partial charge in [-0.25, -0.2) is 4.79 Å². The molecule has 3 rings (SSSR count). The molecule has 7 heteroatoms. The number of carbonyl (C=O) groups excluding carboxylic acids is 1. The van der Waals surface area contributed by atoms with E-state index in [1.165, 1.54) is 4.90 Å². The Morgan fingerprint density at radius 1 is 1.32 bits per heavy atom. The number of benzene rings is 1. The summed E-state index contributed by atoms with van der Waals surface area (Å²) in [4.78, 5) is 25.3. The molecule has 1 saturated heterocycles. The Morgan fingerprint density at radius 3 is 2.80 bits per heavy atom. The quantitative estimate of drug-likeness (QED) is 0.909. The maximum absolute atomic E-state index is 12.7. The number of hydrogen-bond acceptors (Lipinski definition) is 4. The fourth-order valence-electron chi connectivity index (χ4n) is 2.98. The van der Waals surface area contributed by atoms with Crippen LogP contribution in [-0.4, -0.2) is 57.5 Å². The lowest BCUT2D eigenvalue weighted by Crippen LogP contribution is -2.48. The molecule has 1 aromatic carbocycles. The number of aromatic nitrogens is 2. The second-order valence-electron chi connectivity index (χ2n) is 6.23. The number of amides is 1. The minimum absolute atomic E-state index is 0.0653. The van der Waals surface area contributed by atoms with E-state index in [-0.39, 0.29) is 19.1 Å². The van der Waals surface area contributed by atoms with Crippen LogP contribution in [0.1, 0.15) is 27.3 Å². The lowest BCUT2D eigenvalue weighted by molar-refractivity contribution is -0.154. The van der Waals surface area contributed by atoms with Crippen molar-refractivity contribution in [2.75, 3.05) is 19.7 Å². The zero-order valence-corrected chi connectivity index (χ0v) is 14.3. The van der Waals surface area contributed by atoms with Crippen molar-refractivity contribution in [1.82, 2.24) is 14.7 Å². The second kappa shape index (κ2) is 7.06. The van der Waals surface area contributed by atoms with Crippen molar-refractivity contribution in [1.29, 1.82) is 0 Å². The number of ether oxygens (including phenoxy) is 1. The highest BCUT2D eigenvalue weighted by Crippen LogP contribution is 2.14. The molecule has 1 aliphatic heterocycles. The molecule has 0 aliphatic carbocycles. The van der Waals surface area contributed by atoms with Gasteiger partial charge in [0.05, 0.1) is 25.4 Å². The first kappa shape index (κ1) is 17.2. The van der Waals surface area contributed by atoms with Gasteiger partial charge in [-0.2, -0.15) is 5.10 Å². The molecule has 1 atom stereocenters. The smallest absolute Gasteiger partial charge is 0.334 e. The van der Waals surface area contributed by atoms with Crippen molar-refractivity contribution in [3.63, 3.8) is 0 Å². The lowest BCUT2D eigenvalue weighted by Gasteiger charge is -2.31. The maximum Gasteiger partial charge on any atom is 0.334 e. The Labute approximate surface area is 145 Å². The first-order chi connectivity index (χ1) is 11.9. The van der Waals surface area contributed by atoms with Crippen LogP contribution in [0.5, 0.6) is 0 Å². The topological polar surface area (TPSA) is 84.7 Å². The lowest BCUT2D eigenvalue weighted by atomic mass is 10.1. The van der Waals surface area contributed by atoms with Gasteiger partial charge in [-0.1, -0.05) is 12.1 Å². The van der Waals surface area contributed by atoms with Crippen LogP contribution in [0.15, 0.2) is 30.3 Å². The van der Waals surface area contributed by atoms with Crippen LogP contribution in [0.2, 0.25) is 0 Å². The average molecular weight is 343 g/mol. The number of hydrogen-bond donors (Lipinski definition) is 1. The van der Waals surface area contributed by atoms with Gasteiger partial charge in [0, 0.05) is 17.8 Å². The molecule has 0 saturated carbocycles. The number of rotatable bonds is 4. The Balaban J connectivity index is 1.75. The molecule has 1 fully saturated rings. The molecule has 1 N–H and O–H groups in total. The van der Waals surface area contributed by atoms with Crippen molar-refractivity contribution in [2.45, 2.75) is 26.5 Å². The van der Waals surface area contributed by atoms with Crippen LogP contribution in [0, 0.1) is 13.8 Å². The Bertz CT molecular complexity index is 799. The van der Waals surface area contributed by atoms with Gasteiger partial charge >= 0.3 is 5.97 Å². The highest BCUT2D eigenvalue weighted by atomic mass is 16.5. The van der Waals surface area contributed by atoms with Gasteiger partial charge < -0.3 is 14.7 Å². The third-order valence-corrected chi connectivity index (χ3v) is 4.24. The maximum atomic E-state index is 12.7. The van der Waals surface area contributed by atoms with Gasteiger partial charge in [0.1, 0.15) is 0 Å². The molecule has 0 bridgehead atoms. The van der Waals surface area contributed by atoms with Gasteiger partial charge in [-0.15, -0.1) is 0 Å². The summed E-state index contributed by atoms with van der Waals surface area (Å²) >= 11 is 0. The molecule has 2 aromatic rings. The predicted molar refractivity (Wildman–Crippen MR) is 90.5 cm³/mol. The Hall–Kier alpha value is -2.67.